The highest BCUT2D eigenvalue weighted by Crippen LogP contribution is 2.55. The molecule has 0 amide bonds. The molecule has 2 aliphatic rings. The predicted molar refractivity (Wildman–Crippen MR) is 485 cm³/mol. The van der Waals surface area contributed by atoms with Gasteiger partial charge in [-0.05, 0) is 218 Å². The lowest BCUT2D eigenvalue weighted by Gasteiger charge is -2.39. The number of para-hydroxylation sites is 1. The first kappa shape index (κ1) is 65.0. The number of furan rings is 2. The van der Waals surface area contributed by atoms with Crippen molar-refractivity contribution >= 4 is 176 Å². The summed E-state index contributed by atoms with van der Waals surface area (Å²) in [4.78, 5) is 20.5. The van der Waals surface area contributed by atoms with E-state index >= 15 is 0 Å². The number of pyridine rings is 4. The Morgan fingerprint density at radius 1 is 0.368 bits per heavy atom. The number of hydrogen-bond donors (Lipinski definition) is 0. The van der Waals surface area contributed by atoms with Gasteiger partial charge in [0.15, 0.2) is 17.4 Å². The molecule has 0 radical (unpaired) electrons. The maximum atomic E-state index is 8.29. The molecule has 1 aliphatic heterocycles. The number of hydrogen-bond acceptors (Lipinski definition) is 7. The zero-order valence-corrected chi connectivity index (χ0v) is 63.0. The minimum absolute atomic E-state index is 0.212. The van der Waals surface area contributed by atoms with Crippen molar-refractivity contribution in [1.29, 1.82) is 0 Å². The van der Waals surface area contributed by atoms with Gasteiger partial charge >= 0.3 is 0 Å². The smallest absolute Gasteiger partial charge is 0.218 e. The number of fused-ring (bicyclic) bond motifs is 13. The molecule has 6 aromatic heterocycles. The van der Waals surface area contributed by atoms with Gasteiger partial charge in [0.25, 0.3) is 0 Å². The van der Waals surface area contributed by atoms with E-state index in [2.05, 4.69) is 377 Å². The monoisotopic (exact) mass is 1490 g/mol. The first-order chi connectivity index (χ1) is 58.0. The Kier molecular flexibility index (Phi) is 14.1. The Balaban J connectivity index is 0.802. The van der Waals surface area contributed by atoms with Crippen molar-refractivity contribution in [3.05, 3.63) is 394 Å². The molecule has 1 atom stereocenters. The quantitative estimate of drug-likeness (QED) is 0.0767. The Bertz CT molecular complexity index is 8270. The standard InChI is InChI=1S/C109H65N6O2/c1-3-19-65(20-4-1)71-41-46-94-74(56-71)27-18-54-113(94)79-62-92-87-45-48-98(115-95-36-14-10-24-75(95)58-90-83(35-17-37-96(90)115)82-34-16-26-72-55-69-22-7-8-23-70(69)57-89(72)82)109-106(87)105-86(44-47-97(108(105)117-109)114(78-28-5-2-6-29-78)101-49-42-76(64-111-101)66-50-52-110-53-51-66)91-59-77(61-99-103(91)104(92)100(63-79)116-99)107-88-32-13-12-31-84(88)85-43-40-73(60-93(85)112-107)81-33-15-25-68-39-38-67-21-9-11-30-80(67)102(68)81/h1-64,95H/q+1. The van der Waals surface area contributed by atoms with Gasteiger partial charge in [0.1, 0.15) is 17.0 Å². The second-order valence-electron chi connectivity index (χ2n) is 31.1. The van der Waals surface area contributed by atoms with Crippen LogP contribution in [-0.4, -0.2) is 21.0 Å². The fourth-order valence-electron chi connectivity index (χ4n) is 19.4. The van der Waals surface area contributed by atoms with Crippen LogP contribution in [0.15, 0.2) is 397 Å². The van der Waals surface area contributed by atoms with E-state index < -0.39 is 0 Å². The topological polar surface area (TPSA) is 75.3 Å². The largest absolute Gasteiger partial charge is 0.456 e. The molecule has 0 fully saturated rings. The molecule has 0 saturated carbocycles. The second-order valence-corrected chi connectivity index (χ2v) is 31.1. The van der Waals surface area contributed by atoms with Crippen LogP contribution in [0.25, 0.3) is 209 Å². The van der Waals surface area contributed by atoms with Gasteiger partial charge in [-0.25, -0.2) is 9.97 Å². The van der Waals surface area contributed by atoms with Crippen molar-refractivity contribution in [1.82, 2.24) is 15.0 Å². The van der Waals surface area contributed by atoms with Crippen molar-refractivity contribution in [2.24, 2.45) is 0 Å². The van der Waals surface area contributed by atoms with Crippen molar-refractivity contribution in [3.63, 3.8) is 0 Å². The summed E-state index contributed by atoms with van der Waals surface area (Å²) in [5.41, 5.74) is 22.5. The third kappa shape index (κ3) is 10.0. The molecule has 23 aromatic rings. The van der Waals surface area contributed by atoms with E-state index in [4.69, 9.17) is 18.8 Å². The average molecular weight is 1490 g/mol. The van der Waals surface area contributed by atoms with Gasteiger partial charge in [-0.3, -0.25) is 9.88 Å². The number of anilines is 5. The average Bonchev–Trinajstić information content (AvgIpc) is 1.55. The summed E-state index contributed by atoms with van der Waals surface area (Å²) in [6.07, 6.45) is 19.2. The lowest BCUT2D eigenvalue weighted by atomic mass is 9.86. The minimum Gasteiger partial charge on any atom is -0.456 e. The molecule has 117 heavy (non-hydrogen) atoms. The Morgan fingerprint density at radius 3 is 1.91 bits per heavy atom. The van der Waals surface area contributed by atoms with Gasteiger partial charge < -0.3 is 13.7 Å². The molecule has 0 saturated heterocycles. The van der Waals surface area contributed by atoms with Crippen molar-refractivity contribution in [2.75, 3.05) is 9.80 Å². The summed E-state index contributed by atoms with van der Waals surface area (Å²) < 4.78 is 18.3. The molecule has 7 heterocycles. The summed E-state index contributed by atoms with van der Waals surface area (Å²) in [6.45, 7) is 0. The number of nitrogens with zero attached hydrogens (tertiary/aromatic N) is 6. The molecule has 1 unspecified atom stereocenters. The van der Waals surface area contributed by atoms with Crippen molar-refractivity contribution < 1.29 is 13.4 Å². The Morgan fingerprint density at radius 2 is 1.05 bits per heavy atom. The van der Waals surface area contributed by atoms with Crippen LogP contribution in [0.2, 0.25) is 0 Å². The SMILES string of the molecule is C1=CC2=Cc3c(-c4cccc5cc6ccccc6cc45)cccc3N(c3ccc4c5cc(-[n+]6cccc7cc(-c8ccccc8)ccc76)cc6oc7cc(-c8nc9cc(-c%10cccc%11ccc%12ccccc%12c%10%11)ccc9c9ccccc89)cc(c8ccc(N(c9ccccc9)c9ccc(-c%10ccncc%10)cn9)c9oc3c4c98)c7c65)C2C=C1. The van der Waals surface area contributed by atoms with E-state index in [1.165, 1.54) is 54.2 Å². The molecule has 8 heteroatoms. The van der Waals surface area contributed by atoms with Crippen LogP contribution in [0.1, 0.15) is 5.56 Å². The normalized spacial score (nSPS) is 13.5. The maximum Gasteiger partial charge on any atom is 0.218 e. The molecule has 0 spiro atoms. The van der Waals surface area contributed by atoms with Crippen LogP contribution >= 0.6 is 0 Å². The number of benzene rings is 16. The van der Waals surface area contributed by atoms with Crippen molar-refractivity contribution in [2.45, 2.75) is 6.04 Å². The van der Waals surface area contributed by atoms with Gasteiger partial charge in [-0.15, -0.1) is 0 Å². The Labute approximate surface area is 670 Å². The zero-order valence-electron chi connectivity index (χ0n) is 63.0. The lowest BCUT2D eigenvalue weighted by molar-refractivity contribution is -0.567. The molecular weight excluding hydrogens is 1430 g/mol. The van der Waals surface area contributed by atoms with Crippen LogP contribution in [-0.2, 0) is 0 Å². The van der Waals surface area contributed by atoms with Gasteiger partial charge in [0, 0.05) is 108 Å². The Hall–Kier alpha value is -15.6. The maximum absolute atomic E-state index is 8.29. The first-order valence-corrected chi connectivity index (χ1v) is 39.9. The van der Waals surface area contributed by atoms with E-state index in [0.29, 0.717) is 5.58 Å². The van der Waals surface area contributed by atoms with E-state index in [9.17, 15) is 0 Å². The van der Waals surface area contributed by atoms with E-state index in [1.807, 2.05) is 30.7 Å². The number of aromatic nitrogens is 4. The summed E-state index contributed by atoms with van der Waals surface area (Å²) in [6, 6.07) is 121. The molecule has 0 N–H and O–H groups in total. The molecule has 8 nitrogen and oxygen atoms in total. The number of allylic oxidation sites excluding steroid dienone is 2. The molecule has 25 rings (SSSR count). The molecule has 0 bridgehead atoms. The zero-order chi connectivity index (χ0) is 76.5. The molecule has 1 aliphatic carbocycles. The van der Waals surface area contributed by atoms with Crippen molar-refractivity contribution in [3.8, 4) is 61.5 Å². The second kappa shape index (κ2) is 25.4. The van der Waals surface area contributed by atoms with E-state index in [-0.39, 0.29) is 6.04 Å². The van der Waals surface area contributed by atoms with Gasteiger partial charge in [-0.1, -0.05) is 231 Å². The highest BCUT2D eigenvalue weighted by atomic mass is 16.3. The summed E-state index contributed by atoms with van der Waals surface area (Å²) in [5, 5.41) is 21.9. The van der Waals surface area contributed by atoms with E-state index in [1.54, 1.807) is 0 Å². The van der Waals surface area contributed by atoms with Crippen LogP contribution in [0.4, 0.5) is 28.6 Å². The highest BCUT2D eigenvalue weighted by Gasteiger charge is 2.35. The van der Waals surface area contributed by atoms with E-state index in [0.717, 1.165) is 182 Å². The number of rotatable bonds is 10. The lowest BCUT2D eigenvalue weighted by Crippen LogP contribution is -2.34. The highest BCUT2D eigenvalue weighted by molar-refractivity contribution is 6.39. The van der Waals surface area contributed by atoms with Crippen LogP contribution < -0.4 is 14.4 Å². The van der Waals surface area contributed by atoms with Crippen LogP contribution in [0.3, 0.4) is 0 Å². The van der Waals surface area contributed by atoms with Gasteiger partial charge in [0.05, 0.1) is 34.7 Å². The first-order valence-electron chi connectivity index (χ1n) is 39.9. The van der Waals surface area contributed by atoms with Gasteiger partial charge in [-0.2, -0.15) is 4.57 Å². The third-order valence-corrected chi connectivity index (χ3v) is 24.7. The van der Waals surface area contributed by atoms with Crippen LogP contribution in [0, 0.1) is 0 Å². The minimum atomic E-state index is -0.212. The van der Waals surface area contributed by atoms with Crippen LogP contribution in [0.5, 0.6) is 0 Å². The molecular formula is C109H65N6O2+. The fraction of sp³-hybridized carbons (Fsp3) is 0.00917. The van der Waals surface area contributed by atoms with Gasteiger partial charge in [0.2, 0.25) is 11.2 Å². The summed E-state index contributed by atoms with van der Waals surface area (Å²) in [7, 11) is 0. The molecule has 17 aromatic carbocycles. The predicted octanol–water partition coefficient (Wildman–Crippen LogP) is 28.6. The fourth-order valence-corrected chi connectivity index (χ4v) is 19.4. The third-order valence-electron chi connectivity index (χ3n) is 24.7. The molecule has 542 valence electrons. The summed E-state index contributed by atoms with van der Waals surface area (Å²) >= 11 is 0. The summed E-state index contributed by atoms with van der Waals surface area (Å²) in [5.74, 6) is 0.721.